The normalized spacial score (nSPS) is 11.8. The Balaban J connectivity index is 1.88. The first-order valence-electron chi connectivity index (χ1n) is 11.6. The van der Waals surface area contributed by atoms with E-state index < -0.39 is 7.82 Å². The number of nitrogens with one attached hydrogen (secondary N) is 1. The molecule has 0 aliphatic rings. The van der Waals surface area contributed by atoms with Gasteiger partial charge in [-0.25, -0.2) is 14.5 Å². The number of phosphoric ester groups is 1. The summed E-state index contributed by atoms with van der Waals surface area (Å²) in [5, 5.41) is 14.0. The first kappa shape index (κ1) is 26.7. The molecule has 0 spiro atoms. The zero-order valence-electron chi connectivity index (χ0n) is 20.0. The second kappa shape index (κ2) is 10.9. The molecule has 196 valence electrons. The highest BCUT2D eigenvalue weighted by molar-refractivity contribution is 7.46. The van der Waals surface area contributed by atoms with Crippen molar-refractivity contribution in [3.8, 4) is 11.5 Å². The lowest BCUT2D eigenvalue weighted by atomic mass is 10.1. The molecule has 0 aliphatic carbocycles. The lowest BCUT2D eigenvalue weighted by Crippen LogP contribution is -2.23. The largest absolute Gasteiger partial charge is 0.524 e. The summed E-state index contributed by atoms with van der Waals surface area (Å²) < 4.78 is 18.0. The van der Waals surface area contributed by atoms with E-state index in [1.54, 1.807) is 0 Å². The predicted molar refractivity (Wildman–Crippen MR) is 141 cm³/mol. The number of nitrogens with zero attached hydrogens (tertiary/aromatic N) is 3. The van der Waals surface area contributed by atoms with Crippen molar-refractivity contribution < 1.29 is 28.8 Å². The maximum Gasteiger partial charge on any atom is 0.524 e. The van der Waals surface area contributed by atoms with E-state index in [-0.39, 0.29) is 42.2 Å². The van der Waals surface area contributed by atoms with Crippen LogP contribution in [0.15, 0.2) is 36.4 Å². The number of aromatic hydroxyl groups is 1. The van der Waals surface area contributed by atoms with E-state index in [9.17, 15) is 24.3 Å². The van der Waals surface area contributed by atoms with Crippen molar-refractivity contribution in [3.63, 3.8) is 0 Å². The molecular weight excluding hydrogens is 521 g/mol. The number of imidazole rings is 1. The molecule has 13 heteroatoms. The summed E-state index contributed by atoms with van der Waals surface area (Å²) in [5.41, 5.74) is 9.31. The zero-order valence-corrected chi connectivity index (χ0v) is 21.7. The number of phosphoric acid groups is 1. The molecule has 0 unspecified atom stereocenters. The number of halogens is 1. The Morgan fingerprint density at radius 1 is 1.22 bits per heavy atom. The number of rotatable bonds is 10. The smallest absolute Gasteiger partial charge is 0.508 e. The third kappa shape index (κ3) is 6.14. The molecule has 2 aromatic heterocycles. The molecule has 2 aromatic carbocycles. The van der Waals surface area contributed by atoms with Crippen LogP contribution >= 0.6 is 19.4 Å². The molecule has 11 nitrogen and oxygen atoms in total. The number of anilines is 1. The monoisotopic (exact) mass is 547 g/mol. The molecule has 0 radical (unpaired) electrons. The molecule has 0 saturated heterocycles. The van der Waals surface area contributed by atoms with E-state index in [1.165, 1.54) is 18.2 Å². The number of fused-ring (bicyclic) bond motifs is 3. The van der Waals surface area contributed by atoms with Crippen LogP contribution in [0.5, 0.6) is 11.5 Å². The number of carbonyl (C=O) groups is 1. The van der Waals surface area contributed by atoms with Crippen molar-refractivity contribution in [1.29, 1.82) is 0 Å². The Hall–Kier alpha value is -3.37. The molecule has 0 saturated carbocycles. The van der Waals surface area contributed by atoms with Crippen LogP contribution in [-0.2, 0) is 28.9 Å². The van der Waals surface area contributed by atoms with Crippen molar-refractivity contribution in [3.05, 3.63) is 53.3 Å². The highest BCUT2D eigenvalue weighted by Crippen LogP contribution is 2.39. The summed E-state index contributed by atoms with van der Waals surface area (Å²) in [6.07, 6.45) is 2.42. The number of pyridine rings is 1. The number of alkyl halides is 1. The maximum absolute atomic E-state index is 11.6. The highest BCUT2D eigenvalue weighted by atomic mass is 35.5. The summed E-state index contributed by atoms with van der Waals surface area (Å²) in [6, 6.07) is 9.51. The van der Waals surface area contributed by atoms with Crippen LogP contribution < -0.4 is 15.6 Å². The fraction of sp³-hybridized carbons (Fsp3) is 0.292. The third-order valence-corrected chi connectivity index (χ3v) is 6.51. The molecule has 1 amide bonds. The van der Waals surface area contributed by atoms with Gasteiger partial charge in [-0.05, 0) is 42.3 Å². The van der Waals surface area contributed by atoms with Crippen LogP contribution in [0.4, 0.5) is 5.82 Å². The van der Waals surface area contributed by atoms with E-state index in [1.807, 2.05) is 22.8 Å². The van der Waals surface area contributed by atoms with Gasteiger partial charge >= 0.3 is 7.82 Å². The minimum Gasteiger partial charge on any atom is -0.508 e. The first-order valence-corrected chi connectivity index (χ1v) is 13.6. The van der Waals surface area contributed by atoms with Crippen molar-refractivity contribution in [2.75, 3.05) is 11.6 Å². The van der Waals surface area contributed by atoms with Gasteiger partial charge in [0.15, 0.2) is 5.82 Å². The topological polar surface area (TPSA) is 173 Å². The number of phenols is 1. The highest BCUT2D eigenvalue weighted by Gasteiger charge is 2.21. The van der Waals surface area contributed by atoms with Crippen molar-refractivity contribution in [2.45, 2.75) is 39.3 Å². The number of benzene rings is 2. The van der Waals surface area contributed by atoms with Crippen molar-refractivity contribution >= 4 is 53.1 Å². The van der Waals surface area contributed by atoms with Gasteiger partial charge in [-0.3, -0.25) is 14.6 Å². The van der Waals surface area contributed by atoms with Crippen LogP contribution in [0.3, 0.4) is 0 Å². The number of hydrogen-bond donors (Lipinski definition) is 5. The fourth-order valence-corrected chi connectivity index (χ4v) is 4.59. The van der Waals surface area contributed by atoms with E-state index in [4.69, 9.17) is 26.8 Å². The quantitative estimate of drug-likeness (QED) is 0.147. The van der Waals surface area contributed by atoms with Gasteiger partial charge in [0, 0.05) is 23.9 Å². The van der Waals surface area contributed by atoms with Gasteiger partial charge in [-0.1, -0.05) is 19.4 Å². The third-order valence-electron chi connectivity index (χ3n) is 5.81. The van der Waals surface area contributed by atoms with Crippen LogP contribution in [0.1, 0.15) is 36.7 Å². The minimum atomic E-state index is -4.78. The summed E-state index contributed by atoms with van der Waals surface area (Å²) in [6.45, 7) is 2.46. The number of nitrogens with two attached hydrogens (primary N) is 1. The van der Waals surface area contributed by atoms with Crippen molar-refractivity contribution in [2.24, 2.45) is 0 Å². The Bertz CT molecular complexity index is 1520. The number of aromatic nitrogens is 3. The summed E-state index contributed by atoms with van der Waals surface area (Å²) in [7, 11) is -4.78. The van der Waals surface area contributed by atoms with E-state index >= 15 is 0 Å². The lowest BCUT2D eigenvalue weighted by Gasteiger charge is -2.14. The molecule has 4 rings (SSSR count). The first-order chi connectivity index (χ1) is 17.6. The van der Waals surface area contributed by atoms with Gasteiger partial charge in [0.2, 0.25) is 5.91 Å². The predicted octanol–water partition coefficient (Wildman–Crippen LogP) is 3.59. The zero-order chi connectivity index (χ0) is 26.7. The van der Waals surface area contributed by atoms with Gasteiger partial charge in [0.1, 0.15) is 28.7 Å². The average molecular weight is 548 g/mol. The standard InChI is InChI=1S/C24H27ClN5O6P/c1-2-3-4-20-29-22-23(30(20)13-15-10-16(6-8-19(15)31)36-37(33,34)35)17-9-14(12-27-21(32)11-25)5-7-18(17)28-24(22)26/h5-10,31H,2-4,11-13H2,1H3,(H2,26,28)(H,27,32)(H2,33,34,35). The lowest BCUT2D eigenvalue weighted by molar-refractivity contribution is -0.118. The molecule has 0 aliphatic heterocycles. The Morgan fingerprint density at radius 2 is 2.00 bits per heavy atom. The van der Waals surface area contributed by atoms with Gasteiger partial charge in [-0.15, -0.1) is 11.6 Å². The summed E-state index contributed by atoms with van der Waals surface area (Å²) in [5.74, 6) is 0.394. The van der Waals surface area contributed by atoms with Crippen molar-refractivity contribution in [1.82, 2.24) is 19.9 Å². The number of hydrogen-bond acceptors (Lipinski definition) is 7. The molecular formula is C24H27ClN5O6P. The number of carbonyl (C=O) groups excluding carboxylic acids is 1. The van der Waals surface area contributed by atoms with E-state index in [0.717, 1.165) is 29.6 Å². The Kier molecular flexibility index (Phi) is 7.89. The molecule has 2 heterocycles. The Labute approximate surface area is 217 Å². The van der Waals surface area contributed by atoms with Gasteiger partial charge < -0.3 is 25.2 Å². The SMILES string of the molecule is CCCCc1nc2c(N)nc3ccc(CNC(=O)CCl)cc3c2n1Cc1cc(OP(=O)(O)O)ccc1O. The average Bonchev–Trinajstić information content (AvgIpc) is 3.21. The molecule has 0 fully saturated rings. The number of amides is 1. The number of phenolic OH excluding ortho intramolecular Hbond substituents is 1. The summed E-state index contributed by atoms with van der Waals surface area (Å²) in [4.78, 5) is 39.3. The van der Waals surface area contributed by atoms with Gasteiger partial charge in [0.05, 0.1) is 17.6 Å². The molecule has 0 atom stereocenters. The van der Waals surface area contributed by atoms with Crippen LogP contribution in [0.25, 0.3) is 21.9 Å². The fourth-order valence-electron chi connectivity index (χ4n) is 4.11. The Morgan fingerprint density at radius 3 is 2.70 bits per heavy atom. The minimum absolute atomic E-state index is 0.0721. The number of unbranched alkanes of at least 4 members (excludes halogenated alkanes) is 1. The maximum atomic E-state index is 11.6. The van der Waals surface area contributed by atoms with Gasteiger partial charge in [0.25, 0.3) is 0 Å². The van der Waals surface area contributed by atoms with Gasteiger partial charge in [-0.2, -0.15) is 0 Å². The number of nitrogen functional groups attached to an aromatic ring is 1. The van der Waals surface area contributed by atoms with Crippen LogP contribution in [0, 0.1) is 0 Å². The second-order valence-electron chi connectivity index (χ2n) is 8.55. The molecule has 0 bridgehead atoms. The molecule has 6 N–H and O–H groups in total. The molecule has 37 heavy (non-hydrogen) atoms. The van der Waals surface area contributed by atoms with E-state index in [2.05, 4.69) is 17.2 Å². The van der Waals surface area contributed by atoms with Crippen LogP contribution in [-0.4, -0.2) is 41.2 Å². The van der Waals surface area contributed by atoms with E-state index in [0.29, 0.717) is 28.5 Å². The van der Waals surface area contributed by atoms with Crippen LogP contribution in [0.2, 0.25) is 0 Å². The number of aryl methyl sites for hydroxylation is 1. The molecule has 4 aromatic rings. The second-order valence-corrected chi connectivity index (χ2v) is 9.98. The summed E-state index contributed by atoms with van der Waals surface area (Å²) >= 11 is 5.59.